The van der Waals surface area contributed by atoms with Crippen LogP contribution in [0.2, 0.25) is 0 Å². The maximum atomic E-state index is 12.0. The first-order chi connectivity index (χ1) is 10.5. The van der Waals surface area contributed by atoms with E-state index in [1.165, 1.54) is 13.2 Å². The second-order valence-electron chi connectivity index (χ2n) is 4.65. The number of hydrogen-bond acceptors (Lipinski definition) is 4. The number of amides is 2. The second kappa shape index (κ2) is 6.71. The fourth-order valence-corrected chi connectivity index (χ4v) is 1.99. The zero-order valence-corrected chi connectivity index (χ0v) is 12.6. The molecule has 0 aliphatic heterocycles. The van der Waals surface area contributed by atoms with Gasteiger partial charge in [-0.25, -0.2) is 4.79 Å². The number of urea groups is 1. The van der Waals surface area contributed by atoms with Gasteiger partial charge in [0.2, 0.25) is 0 Å². The van der Waals surface area contributed by atoms with E-state index in [-0.39, 0.29) is 11.8 Å². The molecule has 0 aliphatic rings. The highest BCUT2D eigenvalue weighted by molar-refractivity contribution is 6.00. The maximum Gasteiger partial charge on any atom is 0.323 e. The number of carbonyl (C=O) groups is 1. The molecule has 0 saturated heterocycles. The number of anilines is 2. The third-order valence-corrected chi connectivity index (χ3v) is 3.10. The molecule has 2 amide bonds. The van der Waals surface area contributed by atoms with Crippen LogP contribution in [0.3, 0.4) is 0 Å². The van der Waals surface area contributed by atoms with Crippen LogP contribution in [0.4, 0.5) is 16.2 Å². The van der Waals surface area contributed by atoms with Gasteiger partial charge >= 0.3 is 6.03 Å². The molecule has 0 saturated carbocycles. The lowest BCUT2D eigenvalue weighted by atomic mass is 10.2. The summed E-state index contributed by atoms with van der Waals surface area (Å²) in [5, 5.41) is 14.8. The van der Waals surface area contributed by atoms with Crippen molar-refractivity contribution in [3.63, 3.8) is 0 Å². The van der Waals surface area contributed by atoms with Gasteiger partial charge < -0.3 is 25.2 Å². The molecule has 3 N–H and O–H groups in total. The summed E-state index contributed by atoms with van der Waals surface area (Å²) in [5.41, 5.74) is 1.96. The average Bonchev–Trinajstić information content (AvgIpc) is 2.50. The topological polar surface area (TPSA) is 79.8 Å². The number of aromatic hydroxyl groups is 1. The van der Waals surface area contributed by atoms with Crippen molar-refractivity contribution >= 4 is 17.4 Å². The van der Waals surface area contributed by atoms with Crippen LogP contribution in [-0.2, 0) is 0 Å². The van der Waals surface area contributed by atoms with Crippen molar-refractivity contribution in [1.29, 1.82) is 0 Å². The maximum absolute atomic E-state index is 12.0. The molecule has 2 rings (SSSR count). The number of ether oxygens (including phenoxy) is 2. The first-order valence-electron chi connectivity index (χ1n) is 6.63. The monoisotopic (exact) mass is 302 g/mol. The van der Waals surface area contributed by atoms with E-state index in [1.807, 2.05) is 0 Å². The number of nitrogens with one attached hydrogen (secondary N) is 2. The van der Waals surface area contributed by atoms with Crippen LogP contribution in [0.25, 0.3) is 0 Å². The van der Waals surface area contributed by atoms with E-state index in [2.05, 4.69) is 10.6 Å². The molecule has 6 heteroatoms. The Labute approximate surface area is 128 Å². The highest BCUT2D eigenvalue weighted by atomic mass is 16.5. The Morgan fingerprint density at radius 3 is 2.36 bits per heavy atom. The van der Waals surface area contributed by atoms with Crippen molar-refractivity contribution in [1.82, 2.24) is 0 Å². The zero-order chi connectivity index (χ0) is 16.1. The summed E-state index contributed by atoms with van der Waals surface area (Å²) in [4.78, 5) is 12.0. The first kappa shape index (κ1) is 15.5. The van der Waals surface area contributed by atoms with Crippen LogP contribution in [-0.4, -0.2) is 25.4 Å². The number of benzene rings is 2. The predicted octanol–water partition coefficient (Wildman–Crippen LogP) is 3.36. The van der Waals surface area contributed by atoms with Gasteiger partial charge in [-0.15, -0.1) is 0 Å². The molecule has 0 aromatic heterocycles. The van der Waals surface area contributed by atoms with E-state index in [9.17, 15) is 9.90 Å². The summed E-state index contributed by atoms with van der Waals surface area (Å²) >= 11 is 0. The molecule has 2 aromatic carbocycles. The lowest BCUT2D eigenvalue weighted by Gasteiger charge is -2.12. The van der Waals surface area contributed by atoms with Gasteiger partial charge in [-0.05, 0) is 42.8 Å². The minimum Gasteiger partial charge on any atom is -0.508 e. The quantitative estimate of drug-likeness (QED) is 0.757. The van der Waals surface area contributed by atoms with Gasteiger partial charge in [0.05, 0.1) is 14.2 Å². The highest BCUT2D eigenvalue weighted by Crippen LogP contribution is 2.29. The van der Waals surface area contributed by atoms with Crippen LogP contribution in [0.15, 0.2) is 36.4 Å². The zero-order valence-electron chi connectivity index (χ0n) is 12.6. The number of carbonyl (C=O) groups excluding carboxylic acids is 1. The molecule has 116 valence electrons. The average molecular weight is 302 g/mol. The fraction of sp³-hybridized carbons (Fsp3) is 0.188. The summed E-state index contributed by atoms with van der Waals surface area (Å²) < 4.78 is 10.3. The smallest absolute Gasteiger partial charge is 0.323 e. The van der Waals surface area contributed by atoms with Gasteiger partial charge in [0.15, 0.2) is 11.5 Å². The standard InChI is InChI=1S/C16H18N2O4/c1-10-8-12(19)5-6-13(10)18-16(20)17-11-4-7-14(21-2)15(9-11)22-3/h4-9,19H,1-3H3,(H2,17,18,20). The van der Waals surface area contributed by atoms with E-state index >= 15 is 0 Å². The van der Waals surface area contributed by atoms with E-state index in [0.717, 1.165) is 5.56 Å². The summed E-state index contributed by atoms with van der Waals surface area (Å²) in [6.45, 7) is 1.80. The molecule has 0 radical (unpaired) electrons. The summed E-state index contributed by atoms with van der Waals surface area (Å²) in [7, 11) is 3.08. The first-order valence-corrected chi connectivity index (χ1v) is 6.63. The third kappa shape index (κ3) is 3.60. The SMILES string of the molecule is COc1ccc(NC(=O)Nc2ccc(O)cc2C)cc1OC. The van der Waals surface area contributed by atoms with Crippen molar-refractivity contribution in [2.24, 2.45) is 0 Å². The predicted molar refractivity (Wildman–Crippen MR) is 85.0 cm³/mol. The van der Waals surface area contributed by atoms with Crippen molar-refractivity contribution < 1.29 is 19.4 Å². The Balaban J connectivity index is 2.08. The van der Waals surface area contributed by atoms with Crippen molar-refractivity contribution in [3.05, 3.63) is 42.0 Å². The van der Waals surface area contributed by atoms with E-state index in [4.69, 9.17) is 9.47 Å². The van der Waals surface area contributed by atoms with Crippen LogP contribution in [0.5, 0.6) is 17.2 Å². The van der Waals surface area contributed by atoms with Gasteiger partial charge in [0.1, 0.15) is 5.75 Å². The van der Waals surface area contributed by atoms with Crippen LogP contribution in [0.1, 0.15) is 5.56 Å². The van der Waals surface area contributed by atoms with Crippen molar-refractivity contribution in [2.45, 2.75) is 6.92 Å². The third-order valence-electron chi connectivity index (χ3n) is 3.10. The highest BCUT2D eigenvalue weighted by Gasteiger charge is 2.08. The summed E-state index contributed by atoms with van der Waals surface area (Å²) in [5.74, 6) is 1.27. The number of aryl methyl sites for hydroxylation is 1. The lowest BCUT2D eigenvalue weighted by molar-refractivity contribution is 0.262. The lowest BCUT2D eigenvalue weighted by Crippen LogP contribution is -2.19. The van der Waals surface area contributed by atoms with E-state index < -0.39 is 0 Å². The van der Waals surface area contributed by atoms with Crippen molar-refractivity contribution in [2.75, 3.05) is 24.9 Å². The molecule has 22 heavy (non-hydrogen) atoms. The van der Waals surface area contributed by atoms with E-state index in [0.29, 0.717) is 22.9 Å². The molecule has 0 fully saturated rings. The Bertz CT molecular complexity index is 686. The molecular weight excluding hydrogens is 284 g/mol. The van der Waals surface area contributed by atoms with Gasteiger partial charge in [-0.1, -0.05) is 0 Å². The van der Waals surface area contributed by atoms with Gasteiger partial charge in [-0.3, -0.25) is 0 Å². The number of phenolic OH excluding ortho intramolecular Hbond substituents is 1. The summed E-state index contributed by atoms with van der Waals surface area (Å²) in [6.07, 6.45) is 0. The van der Waals surface area contributed by atoms with Crippen molar-refractivity contribution in [3.8, 4) is 17.2 Å². The Hall–Kier alpha value is -2.89. The molecule has 0 bridgehead atoms. The minimum absolute atomic E-state index is 0.156. The van der Waals surface area contributed by atoms with Crippen LogP contribution in [0, 0.1) is 6.92 Å². The fourth-order valence-electron chi connectivity index (χ4n) is 1.99. The summed E-state index contributed by atoms with van der Waals surface area (Å²) in [6, 6.07) is 9.43. The molecule has 0 heterocycles. The number of methoxy groups -OCH3 is 2. The minimum atomic E-state index is -0.388. The van der Waals surface area contributed by atoms with Gasteiger partial charge in [-0.2, -0.15) is 0 Å². The second-order valence-corrected chi connectivity index (χ2v) is 4.65. The molecule has 6 nitrogen and oxygen atoms in total. The van der Waals surface area contributed by atoms with Crippen LogP contribution < -0.4 is 20.1 Å². The number of phenols is 1. The largest absolute Gasteiger partial charge is 0.508 e. The van der Waals surface area contributed by atoms with Crippen LogP contribution >= 0.6 is 0 Å². The Morgan fingerprint density at radius 1 is 1.00 bits per heavy atom. The molecular formula is C16H18N2O4. The Kier molecular flexibility index (Phi) is 4.73. The number of hydrogen-bond donors (Lipinski definition) is 3. The molecule has 0 aliphatic carbocycles. The molecule has 0 spiro atoms. The van der Waals surface area contributed by atoms with Gasteiger partial charge in [0.25, 0.3) is 0 Å². The van der Waals surface area contributed by atoms with Gasteiger partial charge in [0, 0.05) is 17.4 Å². The van der Waals surface area contributed by atoms with E-state index in [1.54, 1.807) is 44.4 Å². The molecule has 0 atom stereocenters. The molecule has 0 unspecified atom stereocenters. The number of rotatable bonds is 4. The molecule has 2 aromatic rings. The Morgan fingerprint density at radius 2 is 1.73 bits per heavy atom. The normalized spacial score (nSPS) is 9.95.